The summed E-state index contributed by atoms with van der Waals surface area (Å²) in [6.07, 6.45) is -1.48. The van der Waals surface area contributed by atoms with Crippen molar-refractivity contribution in [2.45, 2.75) is 33.1 Å². The second kappa shape index (κ2) is 4.89. The highest BCUT2D eigenvalue weighted by Gasteiger charge is 2.27. The molecule has 0 saturated carbocycles. The predicted molar refractivity (Wildman–Crippen MR) is 60.2 cm³/mol. The molecular formula is C11H16F2N4. The molecule has 1 unspecified atom stereocenters. The smallest absolute Gasteiger partial charge is 0.245 e. The van der Waals surface area contributed by atoms with Gasteiger partial charge in [0.2, 0.25) is 12.4 Å². The molecule has 2 rings (SSSR count). The van der Waals surface area contributed by atoms with Crippen LogP contribution in [0, 0.1) is 19.8 Å². The molecule has 0 bridgehead atoms. The van der Waals surface area contributed by atoms with Gasteiger partial charge in [0.25, 0.3) is 0 Å². The van der Waals surface area contributed by atoms with Gasteiger partial charge < -0.3 is 4.90 Å². The fraction of sp³-hybridized carbons (Fsp3) is 0.727. The molecule has 2 heterocycles. The number of rotatable bonds is 3. The molecule has 1 fully saturated rings. The number of anilines is 1. The lowest BCUT2D eigenvalue weighted by Crippen LogP contribution is -2.23. The van der Waals surface area contributed by atoms with Crippen LogP contribution in [0.2, 0.25) is 0 Å². The Balaban J connectivity index is 2.02. The average Bonchev–Trinajstić information content (AvgIpc) is 2.69. The van der Waals surface area contributed by atoms with E-state index in [0.717, 1.165) is 24.4 Å². The minimum atomic E-state index is -2.22. The van der Waals surface area contributed by atoms with E-state index in [4.69, 9.17) is 0 Å². The molecule has 1 aliphatic heterocycles. The lowest BCUT2D eigenvalue weighted by atomic mass is 10.1. The van der Waals surface area contributed by atoms with Crippen LogP contribution in [0.3, 0.4) is 0 Å². The van der Waals surface area contributed by atoms with Gasteiger partial charge in [0.1, 0.15) is 0 Å². The zero-order chi connectivity index (χ0) is 12.4. The molecule has 0 amide bonds. The Hall–Kier alpha value is -1.33. The van der Waals surface area contributed by atoms with E-state index >= 15 is 0 Å². The minimum absolute atomic E-state index is 0.0330. The van der Waals surface area contributed by atoms with E-state index in [-0.39, 0.29) is 12.3 Å². The maximum absolute atomic E-state index is 12.3. The van der Waals surface area contributed by atoms with Crippen LogP contribution in [0.25, 0.3) is 0 Å². The standard InChI is InChI=1S/C11H16F2N4/c1-7-8(2)15-16-11(14-7)17-4-3-9(6-17)5-10(12)13/h9-10H,3-6H2,1-2H3. The van der Waals surface area contributed by atoms with Gasteiger partial charge >= 0.3 is 0 Å². The van der Waals surface area contributed by atoms with Gasteiger partial charge in [-0.1, -0.05) is 0 Å². The van der Waals surface area contributed by atoms with E-state index in [0.29, 0.717) is 12.5 Å². The second-order valence-electron chi connectivity index (χ2n) is 4.51. The van der Waals surface area contributed by atoms with Gasteiger partial charge in [-0.2, -0.15) is 5.10 Å². The molecule has 1 aromatic rings. The fourth-order valence-electron chi connectivity index (χ4n) is 2.04. The molecule has 17 heavy (non-hydrogen) atoms. The van der Waals surface area contributed by atoms with Gasteiger partial charge in [-0.05, 0) is 26.2 Å². The van der Waals surface area contributed by atoms with E-state index < -0.39 is 6.43 Å². The molecule has 4 nitrogen and oxygen atoms in total. The Morgan fingerprint density at radius 1 is 1.29 bits per heavy atom. The molecule has 0 N–H and O–H groups in total. The Morgan fingerprint density at radius 3 is 2.71 bits per heavy atom. The van der Waals surface area contributed by atoms with E-state index in [1.807, 2.05) is 18.7 Å². The van der Waals surface area contributed by atoms with E-state index in [1.54, 1.807) is 0 Å². The number of hydrogen-bond acceptors (Lipinski definition) is 4. The first kappa shape index (κ1) is 12.1. The summed E-state index contributed by atoms with van der Waals surface area (Å²) in [5, 5.41) is 8.02. The lowest BCUT2D eigenvalue weighted by Gasteiger charge is -2.16. The Morgan fingerprint density at radius 2 is 2.06 bits per heavy atom. The summed E-state index contributed by atoms with van der Waals surface area (Å²) in [4.78, 5) is 6.27. The third-order valence-electron chi connectivity index (χ3n) is 3.16. The number of alkyl halides is 2. The van der Waals surface area contributed by atoms with Crippen molar-refractivity contribution in [3.05, 3.63) is 11.4 Å². The van der Waals surface area contributed by atoms with Crippen molar-refractivity contribution in [3.63, 3.8) is 0 Å². The molecule has 0 spiro atoms. The van der Waals surface area contributed by atoms with Gasteiger partial charge in [0.15, 0.2) is 0 Å². The molecule has 1 aliphatic rings. The quantitative estimate of drug-likeness (QED) is 0.812. The molecule has 1 aromatic heterocycles. The molecule has 0 aromatic carbocycles. The van der Waals surface area contributed by atoms with Gasteiger partial charge in [0, 0.05) is 19.5 Å². The van der Waals surface area contributed by atoms with Crippen molar-refractivity contribution in [1.82, 2.24) is 15.2 Å². The van der Waals surface area contributed by atoms with E-state index in [2.05, 4.69) is 15.2 Å². The van der Waals surface area contributed by atoms with Crippen LogP contribution < -0.4 is 4.90 Å². The molecular weight excluding hydrogens is 226 g/mol. The molecule has 1 atom stereocenters. The Bertz CT molecular complexity index is 397. The van der Waals surface area contributed by atoms with Gasteiger partial charge in [-0.3, -0.25) is 0 Å². The van der Waals surface area contributed by atoms with Crippen LogP contribution in [0.5, 0.6) is 0 Å². The monoisotopic (exact) mass is 242 g/mol. The van der Waals surface area contributed by atoms with Crippen molar-refractivity contribution in [2.75, 3.05) is 18.0 Å². The summed E-state index contributed by atoms with van der Waals surface area (Å²) in [5.41, 5.74) is 1.64. The van der Waals surface area contributed by atoms with Crippen LogP contribution in [0.15, 0.2) is 0 Å². The highest BCUT2D eigenvalue weighted by atomic mass is 19.3. The van der Waals surface area contributed by atoms with E-state index in [1.165, 1.54) is 0 Å². The maximum Gasteiger partial charge on any atom is 0.245 e. The summed E-state index contributed by atoms with van der Waals surface area (Å²) in [6, 6.07) is 0. The van der Waals surface area contributed by atoms with Crippen LogP contribution in [-0.4, -0.2) is 34.7 Å². The topological polar surface area (TPSA) is 41.9 Å². The van der Waals surface area contributed by atoms with Crippen LogP contribution in [0.1, 0.15) is 24.2 Å². The SMILES string of the molecule is Cc1nnc(N2CCC(CC(F)F)C2)nc1C. The first-order valence-corrected chi connectivity index (χ1v) is 5.77. The lowest BCUT2D eigenvalue weighted by molar-refractivity contribution is 0.118. The van der Waals surface area contributed by atoms with Crippen molar-refractivity contribution >= 4 is 5.95 Å². The number of halogens is 2. The highest BCUT2D eigenvalue weighted by molar-refractivity contribution is 5.31. The van der Waals surface area contributed by atoms with E-state index in [9.17, 15) is 8.78 Å². The van der Waals surface area contributed by atoms with Crippen LogP contribution in [0.4, 0.5) is 14.7 Å². The first-order valence-electron chi connectivity index (χ1n) is 5.77. The third kappa shape index (κ3) is 2.87. The molecule has 1 saturated heterocycles. The van der Waals surface area contributed by atoms with Gasteiger partial charge in [0.05, 0.1) is 11.4 Å². The zero-order valence-corrected chi connectivity index (χ0v) is 10.0. The predicted octanol–water partition coefficient (Wildman–Crippen LogP) is 1.97. The third-order valence-corrected chi connectivity index (χ3v) is 3.16. The van der Waals surface area contributed by atoms with Crippen molar-refractivity contribution in [1.29, 1.82) is 0 Å². The molecule has 94 valence electrons. The normalized spacial score (nSPS) is 20.3. The molecule has 6 heteroatoms. The highest BCUT2D eigenvalue weighted by Crippen LogP contribution is 2.25. The average molecular weight is 242 g/mol. The Kier molecular flexibility index (Phi) is 3.49. The zero-order valence-electron chi connectivity index (χ0n) is 10.0. The molecule has 0 radical (unpaired) electrons. The number of aryl methyl sites for hydroxylation is 2. The first-order chi connectivity index (χ1) is 8.06. The fourth-order valence-corrected chi connectivity index (χ4v) is 2.04. The summed E-state index contributed by atoms with van der Waals surface area (Å²) in [5.74, 6) is 0.602. The molecule has 0 aliphatic carbocycles. The minimum Gasteiger partial charge on any atom is -0.339 e. The number of aromatic nitrogens is 3. The summed E-state index contributed by atoms with van der Waals surface area (Å²) in [7, 11) is 0. The van der Waals surface area contributed by atoms with Crippen LogP contribution in [-0.2, 0) is 0 Å². The van der Waals surface area contributed by atoms with Gasteiger partial charge in [-0.15, -0.1) is 5.10 Å². The van der Waals surface area contributed by atoms with Gasteiger partial charge in [-0.25, -0.2) is 13.8 Å². The summed E-state index contributed by atoms with van der Waals surface area (Å²) in [6.45, 7) is 5.07. The Labute approximate surface area is 99.1 Å². The van der Waals surface area contributed by atoms with Crippen molar-refractivity contribution in [2.24, 2.45) is 5.92 Å². The number of hydrogen-bond donors (Lipinski definition) is 0. The van der Waals surface area contributed by atoms with Crippen LogP contribution >= 0.6 is 0 Å². The van der Waals surface area contributed by atoms with Crippen molar-refractivity contribution in [3.8, 4) is 0 Å². The van der Waals surface area contributed by atoms with Crippen molar-refractivity contribution < 1.29 is 8.78 Å². The summed E-state index contributed by atoms with van der Waals surface area (Å²) >= 11 is 0. The summed E-state index contributed by atoms with van der Waals surface area (Å²) < 4.78 is 24.5. The largest absolute Gasteiger partial charge is 0.339 e. The maximum atomic E-state index is 12.3. The second-order valence-corrected chi connectivity index (χ2v) is 4.51. The number of nitrogens with zero attached hydrogens (tertiary/aromatic N) is 4.